The lowest BCUT2D eigenvalue weighted by molar-refractivity contribution is 0.437. The Bertz CT molecular complexity index is 428. The molecule has 2 rings (SSSR count). The van der Waals surface area contributed by atoms with E-state index in [-0.39, 0.29) is 0 Å². The molecule has 1 aromatic rings. The van der Waals surface area contributed by atoms with Crippen molar-refractivity contribution in [1.82, 2.24) is 5.32 Å². The molecule has 1 aromatic carbocycles. The molecule has 0 bridgehead atoms. The first kappa shape index (κ1) is 11.9. The van der Waals surface area contributed by atoms with Gasteiger partial charge in [0.05, 0.1) is 6.07 Å². The average molecular weight is 226 g/mol. The van der Waals surface area contributed by atoms with Crippen molar-refractivity contribution >= 4 is 0 Å². The Morgan fingerprint density at radius 1 is 1.41 bits per heavy atom. The molecule has 88 valence electrons. The topological polar surface area (TPSA) is 35.8 Å². The first-order valence-electron chi connectivity index (χ1n) is 6.23. The van der Waals surface area contributed by atoms with E-state index in [0.29, 0.717) is 12.1 Å². The summed E-state index contributed by atoms with van der Waals surface area (Å²) in [5.74, 6) is 0. The molecule has 0 saturated carbocycles. The molecule has 2 atom stereocenters. The molecule has 0 fully saturated rings. The smallest absolute Gasteiger partial charge is 0.0944 e. The van der Waals surface area contributed by atoms with Crippen molar-refractivity contribution in [3.63, 3.8) is 0 Å². The Morgan fingerprint density at radius 3 is 2.76 bits per heavy atom. The van der Waals surface area contributed by atoms with E-state index in [0.717, 1.165) is 24.8 Å². The lowest BCUT2D eigenvalue weighted by Crippen LogP contribution is -2.30. The lowest BCUT2D eigenvalue weighted by Gasteiger charge is -2.22. The summed E-state index contributed by atoms with van der Waals surface area (Å²) < 4.78 is 0. The van der Waals surface area contributed by atoms with Gasteiger partial charge in [-0.15, -0.1) is 0 Å². The van der Waals surface area contributed by atoms with Gasteiger partial charge in [-0.1, -0.05) is 43.3 Å². The average Bonchev–Trinajstić information content (AvgIpc) is 2.84. The molecular weight excluding hydrogens is 208 g/mol. The number of nitriles is 1. The van der Waals surface area contributed by atoms with E-state index in [1.165, 1.54) is 5.56 Å². The number of hydrogen-bond acceptors (Lipinski definition) is 2. The van der Waals surface area contributed by atoms with E-state index in [4.69, 9.17) is 5.26 Å². The van der Waals surface area contributed by atoms with Crippen LogP contribution in [-0.4, -0.2) is 6.04 Å². The highest BCUT2D eigenvalue weighted by molar-refractivity contribution is 5.27. The molecule has 0 aromatic heterocycles. The van der Waals surface area contributed by atoms with E-state index >= 15 is 0 Å². The molecule has 0 radical (unpaired) electrons. The van der Waals surface area contributed by atoms with Crippen molar-refractivity contribution in [2.75, 3.05) is 0 Å². The minimum absolute atomic E-state index is 0.396. The van der Waals surface area contributed by atoms with Crippen LogP contribution in [-0.2, 0) is 0 Å². The summed E-state index contributed by atoms with van der Waals surface area (Å²) in [4.78, 5) is 0. The Kier molecular flexibility index (Phi) is 3.95. The summed E-state index contributed by atoms with van der Waals surface area (Å²) in [7, 11) is 0. The van der Waals surface area contributed by atoms with E-state index in [2.05, 4.69) is 48.7 Å². The fraction of sp³-hybridized carbons (Fsp3) is 0.400. The van der Waals surface area contributed by atoms with Crippen LogP contribution < -0.4 is 5.32 Å². The number of nitrogens with zero attached hydrogens (tertiary/aromatic N) is 1. The van der Waals surface area contributed by atoms with E-state index in [9.17, 15) is 0 Å². The standard InChI is InChI=1S/C15H18N2/c1-2-15(13-6-4-3-5-7-13)17-14-9-8-12(10-14)11-16/h3-8,14-15,17H,2,9-10H2,1H3. The molecule has 0 saturated heterocycles. The Hall–Kier alpha value is -1.59. The number of benzene rings is 1. The summed E-state index contributed by atoms with van der Waals surface area (Å²) in [5, 5.41) is 12.5. The Balaban J connectivity index is 1.96. The highest BCUT2D eigenvalue weighted by Crippen LogP contribution is 2.23. The summed E-state index contributed by atoms with van der Waals surface area (Å²) in [6.07, 6.45) is 4.98. The third-order valence-electron chi connectivity index (χ3n) is 3.31. The minimum atomic E-state index is 0.396. The van der Waals surface area contributed by atoms with Crippen molar-refractivity contribution in [2.45, 2.75) is 38.3 Å². The van der Waals surface area contributed by atoms with Gasteiger partial charge in [0, 0.05) is 17.7 Å². The molecule has 17 heavy (non-hydrogen) atoms. The maximum Gasteiger partial charge on any atom is 0.0944 e. The van der Waals surface area contributed by atoms with Gasteiger partial charge in [0.1, 0.15) is 0 Å². The van der Waals surface area contributed by atoms with Crippen molar-refractivity contribution in [1.29, 1.82) is 5.26 Å². The van der Waals surface area contributed by atoms with Crippen LogP contribution >= 0.6 is 0 Å². The van der Waals surface area contributed by atoms with Crippen LogP contribution in [0, 0.1) is 11.3 Å². The number of rotatable bonds is 4. The molecule has 2 heteroatoms. The third-order valence-corrected chi connectivity index (χ3v) is 3.31. The largest absolute Gasteiger partial charge is 0.307 e. The van der Waals surface area contributed by atoms with Crippen LogP contribution in [0.15, 0.2) is 42.0 Å². The predicted molar refractivity (Wildman–Crippen MR) is 69.3 cm³/mol. The van der Waals surface area contributed by atoms with Crippen LogP contribution in [0.1, 0.15) is 37.8 Å². The van der Waals surface area contributed by atoms with Gasteiger partial charge < -0.3 is 5.32 Å². The SMILES string of the molecule is CCC(NC1CC=C(C#N)C1)c1ccccc1. The zero-order valence-electron chi connectivity index (χ0n) is 10.2. The molecule has 1 aliphatic carbocycles. The molecule has 0 aliphatic heterocycles. The van der Waals surface area contributed by atoms with Crippen LogP contribution in [0.4, 0.5) is 0 Å². The van der Waals surface area contributed by atoms with E-state index in [1.807, 2.05) is 6.07 Å². The summed E-state index contributed by atoms with van der Waals surface area (Å²) >= 11 is 0. The summed E-state index contributed by atoms with van der Waals surface area (Å²) in [6.45, 7) is 2.19. The first-order valence-corrected chi connectivity index (χ1v) is 6.23. The fourth-order valence-electron chi connectivity index (χ4n) is 2.35. The summed E-state index contributed by atoms with van der Waals surface area (Å²) in [6, 6.07) is 13.6. The molecule has 0 spiro atoms. The van der Waals surface area contributed by atoms with Crippen LogP contribution in [0.2, 0.25) is 0 Å². The van der Waals surface area contributed by atoms with Gasteiger partial charge in [-0.3, -0.25) is 0 Å². The first-order chi connectivity index (χ1) is 8.33. The predicted octanol–water partition coefficient (Wildman–Crippen LogP) is 3.34. The highest BCUT2D eigenvalue weighted by atomic mass is 15.0. The van der Waals surface area contributed by atoms with Gasteiger partial charge in [-0.2, -0.15) is 5.26 Å². The lowest BCUT2D eigenvalue weighted by atomic mass is 10.0. The summed E-state index contributed by atoms with van der Waals surface area (Å²) in [5.41, 5.74) is 2.26. The molecule has 1 aliphatic rings. The second-order valence-corrected chi connectivity index (χ2v) is 4.52. The Labute approximate surface area is 103 Å². The van der Waals surface area contributed by atoms with Gasteiger partial charge in [0.25, 0.3) is 0 Å². The quantitative estimate of drug-likeness (QED) is 0.854. The van der Waals surface area contributed by atoms with Crippen molar-refractivity contribution in [3.8, 4) is 6.07 Å². The van der Waals surface area contributed by atoms with Crippen molar-refractivity contribution < 1.29 is 0 Å². The maximum absolute atomic E-state index is 8.85. The highest BCUT2D eigenvalue weighted by Gasteiger charge is 2.20. The second kappa shape index (κ2) is 5.65. The minimum Gasteiger partial charge on any atom is -0.307 e. The normalized spacial score (nSPS) is 20.7. The van der Waals surface area contributed by atoms with Crippen LogP contribution in [0.25, 0.3) is 0 Å². The van der Waals surface area contributed by atoms with Crippen molar-refractivity contribution in [3.05, 3.63) is 47.5 Å². The van der Waals surface area contributed by atoms with E-state index in [1.54, 1.807) is 0 Å². The maximum atomic E-state index is 8.85. The monoisotopic (exact) mass is 226 g/mol. The van der Waals surface area contributed by atoms with Gasteiger partial charge >= 0.3 is 0 Å². The van der Waals surface area contributed by atoms with E-state index < -0.39 is 0 Å². The zero-order valence-corrected chi connectivity index (χ0v) is 10.2. The molecule has 2 nitrogen and oxygen atoms in total. The van der Waals surface area contributed by atoms with Gasteiger partial charge in [0.15, 0.2) is 0 Å². The molecule has 0 heterocycles. The zero-order chi connectivity index (χ0) is 12.1. The fourth-order valence-corrected chi connectivity index (χ4v) is 2.35. The third kappa shape index (κ3) is 2.95. The second-order valence-electron chi connectivity index (χ2n) is 4.52. The van der Waals surface area contributed by atoms with Gasteiger partial charge in [-0.05, 0) is 24.8 Å². The van der Waals surface area contributed by atoms with Crippen molar-refractivity contribution in [2.24, 2.45) is 0 Å². The van der Waals surface area contributed by atoms with Gasteiger partial charge in [0.2, 0.25) is 0 Å². The number of hydrogen-bond donors (Lipinski definition) is 1. The van der Waals surface area contributed by atoms with Crippen LogP contribution in [0.3, 0.4) is 0 Å². The molecular formula is C15H18N2. The Morgan fingerprint density at radius 2 is 2.18 bits per heavy atom. The van der Waals surface area contributed by atoms with Crippen LogP contribution in [0.5, 0.6) is 0 Å². The molecule has 2 unspecified atom stereocenters. The molecule has 0 amide bonds. The van der Waals surface area contributed by atoms with Gasteiger partial charge in [-0.25, -0.2) is 0 Å². The molecule has 1 N–H and O–H groups in total. The number of nitrogens with one attached hydrogen (secondary N) is 1.